The Hall–Kier alpha value is -1.63. The summed E-state index contributed by atoms with van der Waals surface area (Å²) in [6.45, 7) is 3.72. The second kappa shape index (κ2) is 6.94. The quantitative estimate of drug-likeness (QED) is 0.677. The lowest BCUT2D eigenvalue weighted by Gasteiger charge is -2.34. The Morgan fingerprint density at radius 2 is 2.24 bits per heavy atom. The van der Waals surface area contributed by atoms with Crippen molar-refractivity contribution >= 4 is 0 Å². The summed E-state index contributed by atoms with van der Waals surface area (Å²) in [5, 5.41) is 10.9. The number of rotatable bonds is 3. The molecule has 3 heteroatoms. The van der Waals surface area contributed by atoms with Crippen molar-refractivity contribution in [3.63, 3.8) is 0 Å². The highest BCUT2D eigenvalue weighted by atomic mass is 16.3. The third-order valence-corrected chi connectivity index (χ3v) is 6.31. The molecule has 3 aliphatic rings. The van der Waals surface area contributed by atoms with E-state index in [4.69, 9.17) is 0 Å². The van der Waals surface area contributed by atoms with Crippen LogP contribution in [0.5, 0.6) is 0 Å². The van der Waals surface area contributed by atoms with Crippen molar-refractivity contribution in [3.8, 4) is 11.8 Å². The highest BCUT2D eigenvalue weighted by molar-refractivity contribution is 5.23. The Bertz CT molecular complexity index is 685. The second-order valence-corrected chi connectivity index (χ2v) is 8.10. The van der Waals surface area contributed by atoms with Crippen LogP contribution in [0.15, 0.2) is 36.7 Å². The van der Waals surface area contributed by atoms with E-state index < -0.39 is 5.60 Å². The van der Waals surface area contributed by atoms with Crippen LogP contribution in [-0.2, 0) is 0 Å². The SMILES string of the molecule is C[C@](O)(C#CCN1CCCC[C@H]1c1cccnc1)[C@@H]1C[C@H]2C=C[C@H]1C2. The molecule has 3 nitrogen and oxygen atoms in total. The minimum atomic E-state index is -0.871. The summed E-state index contributed by atoms with van der Waals surface area (Å²) in [7, 11) is 0. The molecule has 0 amide bonds. The van der Waals surface area contributed by atoms with Crippen LogP contribution in [-0.4, -0.2) is 33.7 Å². The van der Waals surface area contributed by atoms with Gasteiger partial charge in [0, 0.05) is 24.4 Å². The number of piperidine rings is 1. The monoisotopic (exact) mass is 336 g/mol. The number of aromatic nitrogens is 1. The van der Waals surface area contributed by atoms with Crippen molar-refractivity contribution in [2.75, 3.05) is 13.1 Å². The smallest absolute Gasteiger partial charge is 0.126 e. The number of nitrogens with zero attached hydrogens (tertiary/aromatic N) is 2. The molecule has 132 valence electrons. The average Bonchev–Trinajstić information content (AvgIpc) is 3.27. The Labute approximate surface area is 151 Å². The summed E-state index contributed by atoms with van der Waals surface area (Å²) in [4.78, 5) is 6.73. The minimum absolute atomic E-state index is 0.297. The van der Waals surface area contributed by atoms with Crippen LogP contribution >= 0.6 is 0 Å². The van der Waals surface area contributed by atoms with E-state index in [2.05, 4.69) is 39.9 Å². The van der Waals surface area contributed by atoms with Gasteiger partial charge in [0.2, 0.25) is 0 Å². The van der Waals surface area contributed by atoms with Gasteiger partial charge in [0.25, 0.3) is 0 Å². The van der Waals surface area contributed by atoms with E-state index in [-0.39, 0.29) is 0 Å². The fraction of sp³-hybridized carbons (Fsp3) is 0.591. The fourth-order valence-electron chi connectivity index (χ4n) is 4.97. The number of hydrogen-bond acceptors (Lipinski definition) is 3. The zero-order valence-electron chi connectivity index (χ0n) is 15.1. The minimum Gasteiger partial charge on any atom is -0.378 e. The van der Waals surface area contributed by atoms with Crippen LogP contribution in [0.3, 0.4) is 0 Å². The van der Waals surface area contributed by atoms with Crippen LogP contribution in [0.2, 0.25) is 0 Å². The van der Waals surface area contributed by atoms with Crippen molar-refractivity contribution in [2.24, 2.45) is 17.8 Å². The number of hydrogen-bond donors (Lipinski definition) is 1. The lowest BCUT2D eigenvalue weighted by Crippen LogP contribution is -2.36. The molecule has 4 rings (SSSR count). The summed E-state index contributed by atoms with van der Waals surface area (Å²) in [6.07, 6.45) is 14.4. The van der Waals surface area contributed by atoms with Gasteiger partial charge in [-0.1, -0.05) is 36.5 Å². The van der Waals surface area contributed by atoms with E-state index in [1.165, 1.54) is 31.2 Å². The highest BCUT2D eigenvalue weighted by Gasteiger charge is 2.44. The number of likely N-dealkylation sites (tertiary alicyclic amines) is 1. The first-order valence-electron chi connectivity index (χ1n) is 9.68. The van der Waals surface area contributed by atoms with E-state index in [0.29, 0.717) is 23.8 Å². The molecule has 1 N–H and O–H groups in total. The molecule has 2 fully saturated rings. The van der Waals surface area contributed by atoms with Crippen LogP contribution < -0.4 is 0 Å². The maximum atomic E-state index is 10.9. The van der Waals surface area contributed by atoms with Gasteiger partial charge in [-0.25, -0.2) is 0 Å². The number of pyridine rings is 1. The summed E-state index contributed by atoms with van der Waals surface area (Å²) in [6, 6.07) is 4.59. The fourth-order valence-corrected chi connectivity index (χ4v) is 4.97. The van der Waals surface area contributed by atoms with Crippen molar-refractivity contribution in [3.05, 3.63) is 42.2 Å². The number of fused-ring (bicyclic) bond motifs is 2. The molecule has 5 atom stereocenters. The Morgan fingerprint density at radius 3 is 2.96 bits per heavy atom. The van der Waals surface area contributed by atoms with Crippen LogP contribution in [0, 0.1) is 29.6 Å². The molecule has 1 saturated heterocycles. The summed E-state index contributed by atoms with van der Waals surface area (Å²) in [5.41, 5.74) is 0.415. The molecule has 25 heavy (non-hydrogen) atoms. The molecule has 0 spiro atoms. The van der Waals surface area contributed by atoms with Gasteiger partial charge in [-0.2, -0.15) is 0 Å². The van der Waals surface area contributed by atoms with Crippen molar-refractivity contribution in [1.29, 1.82) is 0 Å². The third kappa shape index (κ3) is 3.52. The molecule has 0 radical (unpaired) electrons. The lowest BCUT2D eigenvalue weighted by atomic mass is 9.80. The van der Waals surface area contributed by atoms with Crippen LogP contribution in [0.4, 0.5) is 0 Å². The molecule has 2 heterocycles. The molecular formula is C22H28N2O. The van der Waals surface area contributed by atoms with Crippen molar-refractivity contribution in [2.45, 2.75) is 50.7 Å². The van der Waals surface area contributed by atoms with Crippen LogP contribution in [0.1, 0.15) is 50.6 Å². The van der Waals surface area contributed by atoms with Gasteiger partial charge in [-0.15, -0.1) is 0 Å². The predicted molar refractivity (Wildman–Crippen MR) is 99.6 cm³/mol. The first-order chi connectivity index (χ1) is 12.1. The molecule has 2 aliphatic carbocycles. The molecule has 2 bridgehead atoms. The maximum absolute atomic E-state index is 10.9. The molecule has 1 aliphatic heterocycles. The Morgan fingerprint density at radius 1 is 1.32 bits per heavy atom. The normalized spacial score (nSPS) is 33.7. The van der Waals surface area contributed by atoms with E-state index in [1.54, 1.807) is 0 Å². The molecule has 1 aromatic heterocycles. The topological polar surface area (TPSA) is 36.4 Å². The maximum Gasteiger partial charge on any atom is 0.126 e. The van der Waals surface area contributed by atoms with E-state index >= 15 is 0 Å². The largest absolute Gasteiger partial charge is 0.378 e. The first kappa shape index (κ1) is 16.8. The number of allylic oxidation sites excluding steroid dienone is 2. The Kier molecular flexibility index (Phi) is 4.67. The zero-order chi connectivity index (χ0) is 17.3. The van der Waals surface area contributed by atoms with Gasteiger partial charge in [0.1, 0.15) is 5.60 Å². The van der Waals surface area contributed by atoms with Gasteiger partial charge in [0.05, 0.1) is 6.54 Å². The van der Waals surface area contributed by atoms with Crippen LogP contribution in [0.25, 0.3) is 0 Å². The average molecular weight is 336 g/mol. The van der Waals surface area contributed by atoms with Crippen molar-refractivity contribution < 1.29 is 5.11 Å². The van der Waals surface area contributed by atoms with E-state index in [0.717, 1.165) is 19.5 Å². The summed E-state index contributed by atoms with van der Waals surface area (Å²) >= 11 is 0. The molecule has 0 unspecified atom stereocenters. The third-order valence-electron chi connectivity index (χ3n) is 6.31. The molecule has 0 aromatic carbocycles. The second-order valence-electron chi connectivity index (χ2n) is 8.10. The van der Waals surface area contributed by atoms with Gasteiger partial charge in [-0.05, 0) is 62.6 Å². The van der Waals surface area contributed by atoms with Crippen molar-refractivity contribution in [1.82, 2.24) is 9.88 Å². The van der Waals surface area contributed by atoms with Gasteiger partial charge < -0.3 is 5.11 Å². The standard InChI is InChI=1S/C22H28N2O/c1-22(25,20-15-17-8-9-18(20)14-17)10-5-13-24-12-3-2-7-21(24)19-6-4-11-23-16-19/h4,6,8-9,11,16-18,20-21,25H,2-3,7,12-15H2,1H3/t17-,18-,20+,21-,22-/m0/s1. The van der Waals surface area contributed by atoms with Gasteiger partial charge in [0.15, 0.2) is 0 Å². The lowest BCUT2D eigenvalue weighted by molar-refractivity contribution is 0.0430. The number of aliphatic hydroxyl groups is 1. The summed E-state index contributed by atoms with van der Waals surface area (Å²) < 4.78 is 0. The molecule has 1 saturated carbocycles. The molecular weight excluding hydrogens is 308 g/mol. The Balaban J connectivity index is 1.43. The summed E-state index contributed by atoms with van der Waals surface area (Å²) in [5.74, 6) is 8.02. The highest BCUT2D eigenvalue weighted by Crippen LogP contribution is 2.47. The predicted octanol–water partition coefficient (Wildman–Crippen LogP) is 3.58. The van der Waals surface area contributed by atoms with Gasteiger partial charge >= 0.3 is 0 Å². The van der Waals surface area contributed by atoms with Gasteiger partial charge in [-0.3, -0.25) is 9.88 Å². The first-order valence-corrected chi connectivity index (χ1v) is 9.68. The zero-order valence-corrected chi connectivity index (χ0v) is 15.1. The van der Waals surface area contributed by atoms with E-state index in [9.17, 15) is 5.11 Å². The van der Waals surface area contributed by atoms with E-state index in [1.807, 2.05) is 25.4 Å². The molecule has 1 aromatic rings.